The average Bonchev–Trinajstić information content (AvgIpc) is 2.61. The van der Waals surface area contributed by atoms with Crippen molar-refractivity contribution in [3.8, 4) is 5.75 Å². The van der Waals surface area contributed by atoms with Gasteiger partial charge in [-0.25, -0.2) is 9.18 Å². The molecular formula is C20H19FN2O2. The molecule has 0 bridgehead atoms. The van der Waals surface area contributed by atoms with Crippen molar-refractivity contribution in [2.45, 2.75) is 6.54 Å². The van der Waals surface area contributed by atoms with Gasteiger partial charge in [0.05, 0.1) is 7.11 Å². The number of hydrogen-bond donors (Lipinski definition) is 1. The van der Waals surface area contributed by atoms with Gasteiger partial charge in [-0.05, 0) is 40.6 Å². The summed E-state index contributed by atoms with van der Waals surface area (Å²) in [5.41, 5.74) is 1.41. The number of nitrogens with zero attached hydrogens (tertiary/aromatic N) is 1. The number of fused-ring (bicyclic) bond motifs is 1. The number of urea groups is 1. The summed E-state index contributed by atoms with van der Waals surface area (Å²) >= 11 is 0. The second-order valence-corrected chi connectivity index (χ2v) is 5.82. The maximum atomic E-state index is 13.8. The average molecular weight is 338 g/mol. The van der Waals surface area contributed by atoms with E-state index in [0.717, 1.165) is 16.5 Å². The second-order valence-electron chi connectivity index (χ2n) is 5.82. The van der Waals surface area contributed by atoms with Gasteiger partial charge in [-0.3, -0.25) is 0 Å². The van der Waals surface area contributed by atoms with Gasteiger partial charge in [0.25, 0.3) is 0 Å². The molecule has 0 saturated carbocycles. The number of anilines is 1. The van der Waals surface area contributed by atoms with E-state index in [-0.39, 0.29) is 11.8 Å². The van der Waals surface area contributed by atoms with Crippen molar-refractivity contribution >= 4 is 22.5 Å². The van der Waals surface area contributed by atoms with Gasteiger partial charge in [0.2, 0.25) is 0 Å². The maximum absolute atomic E-state index is 13.8. The molecule has 3 rings (SSSR count). The summed E-state index contributed by atoms with van der Waals surface area (Å²) in [4.78, 5) is 13.9. The predicted molar refractivity (Wildman–Crippen MR) is 97.4 cm³/mol. The van der Waals surface area contributed by atoms with Crippen LogP contribution in [0.15, 0.2) is 60.7 Å². The summed E-state index contributed by atoms with van der Waals surface area (Å²) < 4.78 is 18.7. The summed E-state index contributed by atoms with van der Waals surface area (Å²) in [5.74, 6) is -0.254. The lowest BCUT2D eigenvalue weighted by Crippen LogP contribution is -2.30. The van der Waals surface area contributed by atoms with Crippen LogP contribution < -0.4 is 10.1 Å². The van der Waals surface area contributed by atoms with E-state index >= 15 is 0 Å². The molecule has 25 heavy (non-hydrogen) atoms. The van der Waals surface area contributed by atoms with Crippen molar-refractivity contribution in [3.63, 3.8) is 0 Å². The standard InChI is InChI=1S/C20H19FN2O2/c1-23(13-14-7-10-19(25-2)18(21)11-14)20(24)22-17-9-8-15-5-3-4-6-16(15)12-17/h3-12H,13H2,1-2H3,(H,22,24). The fourth-order valence-corrected chi connectivity index (χ4v) is 2.64. The molecule has 2 amide bonds. The number of nitrogens with one attached hydrogen (secondary N) is 1. The quantitative estimate of drug-likeness (QED) is 0.752. The molecule has 0 aliphatic carbocycles. The maximum Gasteiger partial charge on any atom is 0.321 e. The Balaban J connectivity index is 1.68. The molecule has 0 saturated heterocycles. The number of carbonyl (C=O) groups is 1. The Morgan fingerprint density at radius 3 is 2.56 bits per heavy atom. The minimum Gasteiger partial charge on any atom is -0.494 e. The summed E-state index contributed by atoms with van der Waals surface area (Å²) in [6.07, 6.45) is 0. The summed E-state index contributed by atoms with van der Waals surface area (Å²) in [6.45, 7) is 0.292. The van der Waals surface area contributed by atoms with Crippen LogP contribution >= 0.6 is 0 Å². The first-order valence-corrected chi connectivity index (χ1v) is 7.90. The van der Waals surface area contributed by atoms with Crippen LogP contribution in [0.3, 0.4) is 0 Å². The SMILES string of the molecule is COc1ccc(CN(C)C(=O)Nc2ccc3ccccc3c2)cc1F. The molecule has 0 aliphatic heterocycles. The van der Waals surface area contributed by atoms with Gasteiger partial charge in [-0.1, -0.05) is 36.4 Å². The van der Waals surface area contributed by atoms with Gasteiger partial charge in [0, 0.05) is 19.3 Å². The zero-order valence-electron chi connectivity index (χ0n) is 14.1. The molecular weight excluding hydrogens is 319 g/mol. The molecule has 4 nitrogen and oxygen atoms in total. The van der Waals surface area contributed by atoms with Crippen LogP contribution in [-0.4, -0.2) is 25.1 Å². The van der Waals surface area contributed by atoms with E-state index in [1.165, 1.54) is 18.1 Å². The van der Waals surface area contributed by atoms with E-state index in [4.69, 9.17) is 4.74 Å². The van der Waals surface area contributed by atoms with Crippen molar-refractivity contribution in [2.24, 2.45) is 0 Å². The Bertz CT molecular complexity index is 911. The van der Waals surface area contributed by atoms with Crippen molar-refractivity contribution in [3.05, 3.63) is 72.0 Å². The van der Waals surface area contributed by atoms with Crippen molar-refractivity contribution in [2.75, 3.05) is 19.5 Å². The smallest absolute Gasteiger partial charge is 0.321 e. The first-order valence-electron chi connectivity index (χ1n) is 7.90. The molecule has 0 fully saturated rings. The van der Waals surface area contributed by atoms with E-state index in [9.17, 15) is 9.18 Å². The monoisotopic (exact) mass is 338 g/mol. The van der Waals surface area contributed by atoms with Gasteiger partial charge < -0.3 is 15.0 Å². The van der Waals surface area contributed by atoms with Crippen molar-refractivity contribution < 1.29 is 13.9 Å². The second kappa shape index (κ2) is 7.21. The highest BCUT2D eigenvalue weighted by atomic mass is 19.1. The molecule has 3 aromatic carbocycles. The predicted octanol–water partition coefficient (Wildman–Crippen LogP) is 4.65. The number of halogens is 1. The molecule has 1 N–H and O–H groups in total. The highest BCUT2D eigenvalue weighted by Gasteiger charge is 2.11. The molecule has 3 aromatic rings. The molecule has 0 radical (unpaired) electrons. The van der Waals surface area contributed by atoms with E-state index in [1.807, 2.05) is 42.5 Å². The Kier molecular flexibility index (Phi) is 4.84. The molecule has 0 heterocycles. The van der Waals surface area contributed by atoms with Crippen molar-refractivity contribution in [1.29, 1.82) is 0 Å². The third-order valence-electron chi connectivity index (χ3n) is 3.98. The topological polar surface area (TPSA) is 41.6 Å². The molecule has 0 spiro atoms. The third kappa shape index (κ3) is 3.88. The normalized spacial score (nSPS) is 10.5. The minimum atomic E-state index is -0.441. The van der Waals surface area contributed by atoms with E-state index in [0.29, 0.717) is 12.1 Å². The molecule has 0 atom stereocenters. The number of amides is 2. The Hall–Kier alpha value is -3.08. The minimum absolute atomic E-state index is 0.187. The number of methoxy groups -OCH3 is 1. The fraction of sp³-hybridized carbons (Fsp3) is 0.150. The Labute approximate surface area is 145 Å². The zero-order chi connectivity index (χ0) is 17.8. The van der Waals surface area contributed by atoms with Crippen LogP contribution in [0.2, 0.25) is 0 Å². The lowest BCUT2D eigenvalue weighted by atomic mass is 10.1. The molecule has 128 valence electrons. The summed E-state index contributed by atoms with van der Waals surface area (Å²) in [5, 5.41) is 5.03. The summed E-state index contributed by atoms with van der Waals surface area (Å²) in [6, 6.07) is 18.1. The van der Waals surface area contributed by atoms with Gasteiger partial charge >= 0.3 is 6.03 Å². The van der Waals surface area contributed by atoms with Crippen LogP contribution in [0.5, 0.6) is 5.75 Å². The largest absolute Gasteiger partial charge is 0.494 e. The number of benzene rings is 3. The number of rotatable bonds is 4. The van der Waals surface area contributed by atoms with Crippen LogP contribution in [-0.2, 0) is 6.54 Å². The first kappa shape index (κ1) is 16.8. The fourth-order valence-electron chi connectivity index (χ4n) is 2.64. The molecule has 5 heteroatoms. The molecule has 0 aromatic heterocycles. The van der Waals surface area contributed by atoms with E-state index in [1.54, 1.807) is 19.2 Å². The van der Waals surface area contributed by atoms with Crippen LogP contribution in [0.4, 0.5) is 14.9 Å². The van der Waals surface area contributed by atoms with Gasteiger partial charge in [-0.15, -0.1) is 0 Å². The first-order chi connectivity index (χ1) is 12.1. The van der Waals surface area contributed by atoms with Crippen LogP contribution in [0, 0.1) is 5.82 Å². The van der Waals surface area contributed by atoms with E-state index in [2.05, 4.69) is 5.32 Å². The third-order valence-corrected chi connectivity index (χ3v) is 3.98. The highest BCUT2D eigenvalue weighted by molar-refractivity contribution is 5.93. The van der Waals surface area contributed by atoms with Crippen molar-refractivity contribution in [1.82, 2.24) is 4.90 Å². The van der Waals surface area contributed by atoms with Gasteiger partial charge in [0.1, 0.15) is 0 Å². The van der Waals surface area contributed by atoms with Gasteiger partial charge in [-0.2, -0.15) is 0 Å². The Morgan fingerprint density at radius 2 is 1.84 bits per heavy atom. The van der Waals surface area contributed by atoms with E-state index < -0.39 is 5.82 Å². The number of hydrogen-bond acceptors (Lipinski definition) is 2. The van der Waals surface area contributed by atoms with Crippen LogP contribution in [0.25, 0.3) is 10.8 Å². The lowest BCUT2D eigenvalue weighted by molar-refractivity contribution is 0.220. The highest BCUT2D eigenvalue weighted by Crippen LogP contribution is 2.20. The zero-order valence-corrected chi connectivity index (χ0v) is 14.1. The molecule has 0 aliphatic rings. The summed E-state index contributed by atoms with van der Waals surface area (Å²) in [7, 11) is 3.08. The van der Waals surface area contributed by atoms with Crippen LogP contribution in [0.1, 0.15) is 5.56 Å². The molecule has 0 unspecified atom stereocenters. The Morgan fingerprint density at radius 1 is 1.08 bits per heavy atom. The number of carbonyl (C=O) groups excluding carboxylic acids is 1. The number of ether oxygens (including phenoxy) is 1. The van der Waals surface area contributed by atoms with Gasteiger partial charge in [0.15, 0.2) is 11.6 Å². The lowest BCUT2D eigenvalue weighted by Gasteiger charge is -2.18.